The number of thioether (sulfide) groups is 1. The van der Waals surface area contributed by atoms with Crippen LogP contribution in [0, 0.1) is 10.1 Å². The van der Waals surface area contributed by atoms with Gasteiger partial charge in [-0.2, -0.15) is 5.10 Å². The van der Waals surface area contributed by atoms with Crippen LogP contribution in [0.5, 0.6) is 0 Å². The smallest absolute Gasteiger partial charge is 0.258 e. The Hall–Kier alpha value is -2.03. The van der Waals surface area contributed by atoms with Crippen molar-refractivity contribution in [1.29, 1.82) is 0 Å². The van der Waals surface area contributed by atoms with E-state index in [0.29, 0.717) is 10.7 Å². The molecule has 2 aromatic rings. The van der Waals surface area contributed by atoms with Crippen LogP contribution in [0.1, 0.15) is 11.1 Å². The standard InChI is InChI=1S/C16H10BrClN4O2S/c17-12-4-2-11(3-5-12)14-9-25-16(20-14)21-19-8-10-1-6-13(18)15(7-10)22(23)24/h1-8H,9H2/b19-8+,21-16-. The summed E-state index contributed by atoms with van der Waals surface area (Å²) in [5.74, 6) is 0.725. The highest BCUT2D eigenvalue weighted by atomic mass is 79.9. The zero-order valence-corrected chi connectivity index (χ0v) is 15.8. The van der Waals surface area contributed by atoms with Gasteiger partial charge in [0.1, 0.15) is 5.02 Å². The molecule has 1 heterocycles. The Labute approximate surface area is 161 Å². The van der Waals surface area contributed by atoms with Crippen LogP contribution in [0.25, 0.3) is 0 Å². The monoisotopic (exact) mass is 436 g/mol. The summed E-state index contributed by atoms with van der Waals surface area (Å²) in [7, 11) is 0. The fourth-order valence-electron chi connectivity index (χ4n) is 2.05. The Bertz CT molecular complexity index is 913. The molecule has 0 aliphatic carbocycles. The molecule has 9 heteroatoms. The first kappa shape index (κ1) is 17.8. The second-order valence-electron chi connectivity index (χ2n) is 4.95. The molecule has 3 rings (SSSR count). The van der Waals surface area contributed by atoms with Crippen LogP contribution in [-0.4, -0.2) is 27.8 Å². The summed E-state index contributed by atoms with van der Waals surface area (Å²) in [6.45, 7) is 0. The maximum absolute atomic E-state index is 10.9. The maximum Gasteiger partial charge on any atom is 0.288 e. The SMILES string of the molecule is O=[N+]([O-])c1cc(/C=N/N=C2/N=C(c3ccc(Br)cc3)CS2)ccc1Cl. The van der Waals surface area contributed by atoms with E-state index in [-0.39, 0.29) is 10.7 Å². The van der Waals surface area contributed by atoms with Crippen molar-refractivity contribution >= 4 is 62.1 Å². The van der Waals surface area contributed by atoms with E-state index in [9.17, 15) is 10.1 Å². The van der Waals surface area contributed by atoms with Crippen molar-refractivity contribution in [1.82, 2.24) is 0 Å². The Morgan fingerprint density at radius 3 is 2.76 bits per heavy atom. The lowest BCUT2D eigenvalue weighted by atomic mass is 10.1. The molecule has 0 saturated carbocycles. The van der Waals surface area contributed by atoms with Crippen LogP contribution in [0.15, 0.2) is 62.1 Å². The molecule has 0 fully saturated rings. The number of amidine groups is 1. The second kappa shape index (κ2) is 7.90. The van der Waals surface area contributed by atoms with E-state index < -0.39 is 4.92 Å². The largest absolute Gasteiger partial charge is 0.288 e. The molecule has 0 radical (unpaired) electrons. The molecule has 0 spiro atoms. The molecular weight excluding hydrogens is 428 g/mol. The summed E-state index contributed by atoms with van der Waals surface area (Å²) in [6, 6.07) is 12.3. The Morgan fingerprint density at radius 1 is 1.28 bits per heavy atom. The second-order valence-corrected chi connectivity index (χ2v) is 7.21. The molecule has 126 valence electrons. The highest BCUT2D eigenvalue weighted by Gasteiger charge is 2.15. The van der Waals surface area contributed by atoms with Crippen molar-refractivity contribution in [3.05, 3.63) is 73.2 Å². The number of nitro groups is 1. The minimum Gasteiger partial charge on any atom is -0.258 e. The van der Waals surface area contributed by atoms with Crippen LogP contribution < -0.4 is 0 Å². The molecule has 1 aliphatic rings. The first-order valence-corrected chi connectivity index (χ1v) is 9.20. The van der Waals surface area contributed by atoms with Gasteiger partial charge in [-0.05, 0) is 23.8 Å². The average Bonchev–Trinajstić information content (AvgIpc) is 3.05. The third kappa shape index (κ3) is 4.53. The first-order chi connectivity index (χ1) is 12.0. The molecule has 2 aromatic carbocycles. The molecule has 0 saturated heterocycles. The van der Waals surface area contributed by atoms with Gasteiger partial charge in [-0.25, -0.2) is 4.99 Å². The Balaban J connectivity index is 1.74. The first-order valence-electron chi connectivity index (χ1n) is 7.04. The van der Waals surface area contributed by atoms with Crippen molar-refractivity contribution in [2.45, 2.75) is 0 Å². The molecular formula is C16H10BrClN4O2S. The van der Waals surface area contributed by atoms with E-state index in [1.165, 1.54) is 30.1 Å². The van der Waals surface area contributed by atoms with Gasteiger partial charge < -0.3 is 0 Å². The zero-order chi connectivity index (χ0) is 17.8. The van der Waals surface area contributed by atoms with Gasteiger partial charge >= 0.3 is 0 Å². The normalized spacial score (nSPS) is 15.8. The number of halogens is 2. The van der Waals surface area contributed by atoms with E-state index in [1.54, 1.807) is 6.07 Å². The van der Waals surface area contributed by atoms with Gasteiger partial charge in [-0.3, -0.25) is 10.1 Å². The fraction of sp³-hybridized carbons (Fsp3) is 0.0625. The highest BCUT2D eigenvalue weighted by Crippen LogP contribution is 2.24. The van der Waals surface area contributed by atoms with Crippen molar-refractivity contribution in [2.24, 2.45) is 15.2 Å². The van der Waals surface area contributed by atoms with Crippen LogP contribution in [0.3, 0.4) is 0 Å². The molecule has 0 atom stereocenters. The van der Waals surface area contributed by atoms with E-state index in [2.05, 4.69) is 31.1 Å². The Kier molecular flexibility index (Phi) is 5.62. The van der Waals surface area contributed by atoms with Crippen molar-refractivity contribution < 1.29 is 4.92 Å². The number of nitrogens with zero attached hydrogens (tertiary/aromatic N) is 4. The van der Waals surface area contributed by atoms with Gasteiger partial charge in [0.15, 0.2) is 0 Å². The van der Waals surface area contributed by atoms with E-state index in [1.807, 2.05) is 24.3 Å². The molecule has 1 aliphatic heterocycles. The summed E-state index contributed by atoms with van der Waals surface area (Å²) >= 11 is 10.7. The molecule has 0 amide bonds. The predicted molar refractivity (Wildman–Crippen MR) is 106 cm³/mol. The van der Waals surface area contributed by atoms with E-state index in [0.717, 1.165) is 21.5 Å². The Morgan fingerprint density at radius 2 is 2.04 bits per heavy atom. The minimum atomic E-state index is -0.535. The van der Waals surface area contributed by atoms with Crippen LogP contribution in [0.4, 0.5) is 5.69 Å². The van der Waals surface area contributed by atoms with E-state index >= 15 is 0 Å². The van der Waals surface area contributed by atoms with Gasteiger partial charge in [-0.15, -0.1) is 5.10 Å². The maximum atomic E-state index is 10.9. The van der Waals surface area contributed by atoms with Crippen molar-refractivity contribution in [2.75, 3.05) is 5.75 Å². The summed E-state index contributed by atoms with van der Waals surface area (Å²) in [5, 5.41) is 19.5. The topological polar surface area (TPSA) is 80.2 Å². The molecule has 0 bridgehead atoms. The quantitative estimate of drug-likeness (QED) is 0.386. The number of nitro benzene ring substituents is 1. The van der Waals surface area contributed by atoms with Gasteiger partial charge in [0, 0.05) is 21.9 Å². The summed E-state index contributed by atoms with van der Waals surface area (Å²) in [4.78, 5) is 14.8. The summed E-state index contributed by atoms with van der Waals surface area (Å²) < 4.78 is 1.01. The lowest BCUT2D eigenvalue weighted by Gasteiger charge is -1.98. The van der Waals surface area contributed by atoms with Crippen molar-refractivity contribution in [3.63, 3.8) is 0 Å². The lowest BCUT2D eigenvalue weighted by Crippen LogP contribution is -1.98. The third-order valence-corrected chi connectivity index (χ3v) is 4.96. The van der Waals surface area contributed by atoms with Crippen LogP contribution >= 0.6 is 39.3 Å². The number of benzene rings is 2. The summed E-state index contributed by atoms with van der Waals surface area (Å²) in [5.41, 5.74) is 2.36. The molecule has 0 aromatic heterocycles. The number of rotatable bonds is 4. The average molecular weight is 438 g/mol. The van der Waals surface area contributed by atoms with Crippen molar-refractivity contribution in [3.8, 4) is 0 Å². The molecule has 0 N–H and O–H groups in total. The summed E-state index contributed by atoms with van der Waals surface area (Å²) in [6.07, 6.45) is 1.43. The van der Waals surface area contributed by atoms with Crippen LogP contribution in [-0.2, 0) is 0 Å². The third-order valence-electron chi connectivity index (χ3n) is 3.26. The fourth-order valence-corrected chi connectivity index (χ4v) is 3.28. The van der Waals surface area contributed by atoms with Gasteiger partial charge in [0.05, 0.1) is 16.8 Å². The molecule has 6 nitrogen and oxygen atoms in total. The van der Waals surface area contributed by atoms with Gasteiger partial charge in [0.25, 0.3) is 5.69 Å². The van der Waals surface area contributed by atoms with Crippen LogP contribution in [0.2, 0.25) is 5.02 Å². The lowest BCUT2D eigenvalue weighted by molar-refractivity contribution is -0.384. The van der Waals surface area contributed by atoms with Gasteiger partial charge in [-0.1, -0.05) is 57.5 Å². The van der Waals surface area contributed by atoms with E-state index in [4.69, 9.17) is 11.6 Å². The highest BCUT2D eigenvalue weighted by molar-refractivity contribution is 9.10. The molecule has 25 heavy (non-hydrogen) atoms. The number of hydrogen-bond acceptors (Lipinski definition) is 5. The van der Waals surface area contributed by atoms with Gasteiger partial charge in [0.2, 0.25) is 5.17 Å². The number of aliphatic imine (C=N–C) groups is 1. The zero-order valence-electron chi connectivity index (χ0n) is 12.6. The minimum absolute atomic E-state index is 0.0866. The molecule has 0 unspecified atom stereocenters. The predicted octanol–water partition coefficient (Wildman–Crippen LogP) is 4.94. The number of hydrogen-bond donors (Lipinski definition) is 0.